The third-order valence-corrected chi connectivity index (χ3v) is 15.2. The molecule has 0 radical (unpaired) electrons. The van der Waals surface area contributed by atoms with Crippen molar-refractivity contribution in [3.8, 4) is 0 Å². The Kier molecular flexibility index (Phi) is 9.32. The molecule has 3 unspecified atom stereocenters. The minimum atomic E-state index is -0.524. The predicted molar refractivity (Wildman–Crippen MR) is 226 cm³/mol. The van der Waals surface area contributed by atoms with Gasteiger partial charge in [-0.2, -0.15) is 10.1 Å². The number of methoxy groups -OCH3 is 2. The number of carbonyl (C=O) groups is 2. The van der Waals surface area contributed by atoms with Gasteiger partial charge in [-0.1, -0.05) is 74.5 Å². The number of piperidine rings is 2. The molecule has 0 saturated carbocycles. The van der Waals surface area contributed by atoms with Gasteiger partial charge in [0.05, 0.1) is 42.4 Å². The van der Waals surface area contributed by atoms with Crippen molar-refractivity contribution in [2.45, 2.75) is 102 Å². The summed E-state index contributed by atoms with van der Waals surface area (Å²) >= 11 is 0. The second kappa shape index (κ2) is 14.4. The maximum Gasteiger partial charge on any atom is 0.339 e. The van der Waals surface area contributed by atoms with Crippen molar-refractivity contribution in [2.24, 2.45) is 10.8 Å². The number of esters is 2. The van der Waals surface area contributed by atoms with Gasteiger partial charge in [0.15, 0.2) is 0 Å². The molecule has 10 rings (SSSR count). The van der Waals surface area contributed by atoms with Crippen LogP contribution < -0.4 is 5.32 Å². The minimum Gasteiger partial charge on any atom is -0.469 e. The van der Waals surface area contributed by atoms with E-state index in [0.717, 1.165) is 95.0 Å². The minimum absolute atomic E-state index is 0.120. The smallest absolute Gasteiger partial charge is 0.339 e. The molecule has 3 N–H and O–H groups in total. The SMILES string of the molecule is CC[C@]12C=C(C(=O)OC)c3c(CC4Nc5ccccc5CC4c4c5n(c6ccccc46)[C@H]4N(O)CCC[C@@]4(CC)CC5C(=O)OC)c4ccccc4n3[C@H]1N(O)CCC2. The molecule has 0 aliphatic carbocycles. The van der Waals surface area contributed by atoms with Crippen LogP contribution in [0.1, 0.15) is 111 Å². The number of nitrogens with zero attached hydrogens (tertiary/aromatic N) is 4. The predicted octanol–water partition coefficient (Wildman–Crippen LogP) is 8.95. The Morgan fingerprint density at radius 1 is 0.814 bits per heavy atom. The topological polar surface area (TPSA) is 121 Å². The third kappa shape index (κ3) is 5.54. The van der Waals surface area contributed by atoms with Crippen LogP contribution in [-0.2, 0) is 31.9 Å². The fourth-order valence-corrected chi connectivity index (χ4v) is 12.5. The van der Waals surface area contributed by atoms with E-state index in [1.54, 1.807) is 0 Å². The highest BCUT2D eigenvalue weighted by molar-refractivity contribution is 6.18. The van der Waals surface area contributed by atoms with E-state index >= 15 is 0 Å². The summed E-state index contributed by atoms with van der Waals surface area (Å²) in [6.45, 7) is 5.43. The summed E-state index contributed by atoms with van der Waals surface area (Å²) in [5.74, 6) is -1.28. The second-order valence-corrected chi connectivity index (χ2v) is 17.7. The number of hydrogen-bond donors (Lipinski definition) is 3. The van der Waals surface area contributed by atoms with Crippen molar-refractivity contribution in [3.63, 3.8) is 0 Å². The lowest BCUT2D eigenvalue weighted by Crippen LogP contribution is -2.52. The molecule has 5 aliphatic heterocycles. The number of fused-ring (bicyclic) bond motifs is 11. The average molecular weight is 798 g/mol. The Morgan fingerprint density at radius 2 is 1.49 bits per heavy atom. The monoisotopic (exact) mass is 797 g/mol. The van der Waals surface area contributed by atoms with Crippen LogP contribution in [0.25, 0.3) is 27.4 Å². The summed E-state index contributed by atoms with van der Waals surface area (Å²) in [7, 11) is 2.93. The molecule has 5 aromatic rings. The molecule has 7 heterocycles. The first kappa shape index (κ1) is 38.3. The summed E-state index contributed by atoms with van der Waals surface area (Å²) in [5, 5.41) is 32.7. The van der Waals surface area contributed by atoms with E-state index in [1.807, 2.05) is 6.07 Å². The van der Waals surface area contributed by atoms with Gasteiger partial charge in [0, 0.05) is 58.0 Å². The average Bonchev–Trinajstić information content (AvgIpc) is 3.78. The molecular weight excluding hydrogens is 743 g/mol. The first-order valence-corrected chi connectivity index (χ1v) is 21.6. The lowest BCUT2D eigenvalue weighted by molar-refractivity contribution is -0.222. The van der Waals surface area contributed by atoms with Gasteiger partial charge >= 0.3 is 11.9 Å². The van der Waals surface area contributed by atoms with Crippen molar-refractivity contribution in [3.05, 3.63) is 107 Å². The zero-order chi connectivity index (χ0) is 40.8. The molecule has 3 aromatic carbocycles. The molecule has 2 aromatic heterocycles. The fraction of sp³-hybridized carbons (Fsp3) is 0.458. The van der Waals surface area contributed by atoms with Crippen LogP contribution in [0.3, 0.4) is 0 Å². The first-order chi connectivity index (χ1) is 28.7. The van der Waals surface area contributed by atoms with Crippen molar-refractivity contribution >= 4 is 45.0 Å². The number of carbonyl (C=O) groups excluding carboxylic acids is 2. The summed E-state index contributed by atoms with van der Waals surface area (Å²) in [6, 6.07) is 25.1. The first-order valence-electron chi connectivity index (χ1n) is 21.6. The number of hydrogen-bond acceptors (Lipinski definition) is 9. The molecule has 59 heavy (non-hydrogen) atoms. The van der Waals surface area contributed by atoms with Gasteiger partial charge in [-0.05, 0) is 92.7 Å². The van der Waals surface area contributed by atoms with Crippen LogP contribution >= 0.6 is 0 Å². The number of para-hydroxylation sites is 3. The van der Waals surface area contributed by atoms with Crippen LogP contribution in [0.5, 0.6) is 0 Å². The lowest BCUT2D eigenvalue weighted by Gasteiger charge is -2.53. The van der Waals surface area contributed by atoms with Crippen LogP contribution in [-0.4, -0.2) is 75.0 Å². The Bertz CT molecular complexity index is 2520. The van der Waals surface area contributed by atoms with Gasteiger partial charge in [0.2, 0.25) is 0 Å². The van der Waals surface area contributed by atoms with Gasteiger partial charge in [0.1, 0.15) is 12.3 Å². The Labute approximate surface area is 345 Å². The maximum atomic E-state index is 14.2. The zero-order valence-electron chi connectivity index (χ0n) is 34.5. The largest absolute Gasteiger partial charge is 0.469 e. The normalized spacial score (nSPS) is 29.1. The maximum absolute atomic E-state index is 14.2. The van der Waals surface area contributed by atoms with Gasteiger partial charge in [-0.15, -0.1) is 0 Å². The van der Waals surface area contributed by atoms with E-state index in [4.69, 9.17) is 9.47 Å². The van der Waals surface area contributed by atoms with E-state index in [0.29, 0.717) is 31.5 Å². The van der Waals surface area contributed by atoms with Crippen LogP contribution in [0.15, 0.2) is 78.9 Å². The van der Waals surface area contributed by atoms with E-state index in [9.17, 15) is 20.0 Å². The number of rotatable bonds is 7. The molecule has 0 amide bonds. The van der Waals surface area contributed by atoms with Gasteiger partial charge in [-0.25, -0.2) is 4.79 Å². The zero-order valence-corrected chi connectivity index (χ0v) is 34.5. The summed E-state index contributed by atoms with van der Waals surface area (Å²) < 4.78 is 15.7. The molecule has 7 atom stereocenters. The van der Waals surface area contributed by atoms with Crippen molar-refractivity contribution in [2.75, 3.05) is 32.6 Å². The Balaban J connectivity index is 1.22. The number of nitrogens with one attached hydrogen (secondary N) is 1. The molecule has 0 spiro atoms. The number of hydroxylamine groups is 4. The molecule has 0 bridgehead atoms. The van der Waals surface area contributed by atoms with Crippen molar-refractivity contribution in [1.29, 1.82) is 0 Å². The highest BCUT2D eigenvalue weighted by Gasteiger charge is 2.55. The standard InChI is InChI=1S/C48H55N5O6/c1-5-47-21-13-23-50(56)45(47)52-38-19-11-8-16-30(38)32(41(52)34(27-47)43(54)58-3)26-37-33(25-29-15-7-10-18-36(29)49-37)40-31-17-9-12-20-39(31)53-42(40)35(44(55)59-4)28-48(6-2)22-14-24-51(57)46(48)53/h7-12,15-20,27,33,35,37,45-46,49,56-57H,5-6,13-14,21-26,28H2,1-4H3/t33?,35?,37?,45-,46-,47+,48+/m1/s1. The number of ether oxygens (including phenoxy) is 2. The molecule has 2 saturated heterocycles. The fourth-order valence-electron chi connectivity index (χ4n) is 12.5. The lowest BCUT2D eigenvalue weighted by atomic mass is 9.65. The highest BCUT2D eigenvalue weighted by atomic mass is 16.5. The molecule has 5 aliphatic rings. The quantitative estimate of drug-likeness (QED) is 0.139. The number of anilines is 1. The number of benzene rings is 3. The van der Waals surface area contributed by atoms with E-state index in [-0.39, 0.29) is 35.5 Å². The second-order valence-electron chi connectivity index (χ2n) is 17.7. The van der Waals surface area contributed by atoms with Crippen LogP contribution in [0, 0.1) is 10.8 Å². The molecular formula is C48H55N5O6. The van der Waals surface area contributed by atoms with Gasteiger partial charge in [-0.3, -0.25) is 4.79 Å². The van der Waals surface area contributed by atoms with Crippen molar-refractivity contribution in [1.82, 2.24) is 19.3 Å². The highest BCUT2D eigenvalue weighted by Crippen LogP contribution is 2.59. The van der Waals surface area contributed by atoms with Gasteiger partial charge in [0.25, 0.3) is 0 Å². The van der Waals surface area contributed by atoms with E-state index in [1.165, 1.54) is 29.9 Å². The molecule has 2 fully saturated rings. The Morgan fingerprint density at radius 3 is 2.22 bits per heavy atom. The summed E-state index contributed by atoms with van der Waals surface area (Å²) in [4.78, 5) is 28.3. The van der Waals surface area contributed by atoms with Gasteiger partial charge < -0.3 is 34.3 Å². The van der Waals surface area contributed by atoms with E-state index in [2.05, 4.69) is 101 Å². The van der Waals surface area contributed by atoms with Crippen molar-refractivity contribution < 1.29 is 29.5 Å². The summed E-state index contributed by atoms with van der Waals surface area (Å²) in [5.41, 5.74) is 7.82. The molecule has 11 nitrogen and oxygen atoms in total. The van der Waals surface area contributed by atoms with E-state index < -0.39 is 17.5 Å². The van der Waals surface area contributed by atoms with Crippen LogP contribution in [0.4, 0.5) is 5.69 Å². The summed E-state index contributed by atoms with van der Waals surface area (Å²) in [6.07, 6.45) is 8.23. The van der Waals surface area contributed by atoms with Crippen LogP contribution in [0.2, 0.25) is 0 Å². The molecule has 308 valence electrons. The Hall–Kier alpha value is -4.94. The molecule has 11 heteroatoms. The third-order valence-electron chi connectivity index (χ3n) is 15.2. The number of aromatic nitrogens is 2.